The van der Waals surface area contributed by atoms with Crippen molar-refractivity contribution in [3.05, 3.63) is 23.8 Å². The molecule has 0 radical (unpaired) electrons. The molecule has 0 atom stereocenters. The first-order valence-corrected chi connectivity index (χ1v) is 5.58. The van der Waals surface area contributed by atoms with Gasteiger partial charge in [0.25, 0.3) is 5.91 Å². The highest BCUT2D eigenvalue weighted by Crippen LogP contribution is 2.18. The molecule has 0 heterocycles. The maximum atomic E-state index is 11.2. The summed E-state index contributed by atoms with van der Waals surface area (Å²) in [4.78, 5) is 11.2. The maximum absolute atomic E-state index is 11.2. The fourth-order valence-electron chi connectivity index (χ4n) is 1.52. The molecule has 0 bridgehead atoms. The monoisotopic (exact) mass is 221 g/mol. The fourth-order valence-corrected chi connectivity index (χ4v) is 1.52. The van der Waals surface area contributed by atoms with Crippen LogP contribution in [0.4, 0.5) is 11.4 Å². The summed E-state index contributed by atoms with van der Waals surface area (Å²) in [6.45, 7) is 2.98. The largest absolute Gasteiger partial charge is 0.399 e. The van der Waals surface area contributed by atoms with Crippen LogP contribution in [0.3, 0.4) is 0 Å². The first-order valence-electron chi connectivity index (χ1n) is 5.58. The summed E-state index contributed by atoms with van der Waals surface area (Å²) < 4.78 is 0. The number of nitrogens with one attached hydrogen (secondary N) is 1. The van der Waals surface area contributed by atoms with Crippen molar-refractivity contribution >= 4 is 17.3 Å². The average molecular weight is 221 g/mol. The van der Waals surface area contributed by atoms with Crippen LogP contribution in [0.15, 0.2) is 18.2 Å². The first-order chi connectivity index (χ1) is 7.65. The minimum absolute atomic E-state index is 0.432. The molecule has 1 amide bonds. The van der Waals surface area contributed by atoms with Crippen LogP contribution in [0, 0.1) is 0 Å². The molecule has 16 heavy (non-hydrogen) atoms. The van der Waals surface area contributed by atoms with Gasteiger partial charge in [-0.15, -0.1) is 0 Å². The van der Waals surface area contributed by atoms with Crippen LogP contribution in [0.25, 0.3) is 0 Å². The number of carbonyl (C=O) groups is 1. The standard InChI is InChI=1S/C12H19N3O/c1-2-3-4-7-15-11-8-9(13)5-6-10(11)12(14)16/h5-6,8,15H,2-4,7,13H2,1H3,(H2,14,16). The number of nitrogens with two attached hydrogens (primary N) is 2. The molecule has 0 aromatic heterocycles. The number of amides is 1. The van der Waals surface area contributed by atoms with E-state index in [-0.39, 0.29) is 0 Å². The van der Waals surface area contributed by atoms with E-state index in [9.17, 15) is 4.79 Å². The Balaban J connectivity index is 2.68. The lowest BCUT2D eigenvalue weighted by molar-refractivity contribution is 0.100. The number of carbonyl (C=O) groups excluding carboxylic acids is 1. The molecular weight excluding hydrogens is 202 g/mol. The van der Waals surface area contributed by atoms with E-state index in [0.29, 0.717) is 11.3 Å². The molecule has 1 aromatic carbocycles. The highest BCUT2D eigenvalue weighted by Gasteiger charge is 2.07. The number of hydrogen-bond acceptors (Lipinski definition) is 3. The van der Waals surface area contributed by atoms with Crippen LogP contribution in [-0.2, 0) is 0 Å². The van der Waals surface area contributed by atoms with E-state index < -0.39 is 5.91 Å². The van der Waals surface area contributed by atoms with Crippen LogP contribution in [0.2, 0.25) is 0 Å². The van der Waals surface area contributed by atoms with E-state index in [2.05, 4.69) is 12.2 Å². The molecule has 0 saturated carbocycles. The summed E-state index contributed by atoms with van der Waals surface area (Å²) in [6, 6.07) is 5.07. The van der Waals surface area contributed by atoms with Gasteiger partial charge in [0.1, 0.15) is 0 Å². The van der Waals surface area contributed by atoms with Crippen molar-refractivity contribution in [1.29, 1.82) is 0 Å². The van der Waals surface area contributed by atoms with Gasteiger partial charge >= 0.3 is 0 Å². The van der Waals surface area contributed by atoms with E-state index in [1.807, 2.05) is 0 Å². The van der Waals surface area contributed by atoms with Gasteiger partial charge in [-0.25, -0.2) is 0 Å². The van der Waals surface area contributed by atoms with Crippen LogP contribution >= 0.6 is 0 Å². The molecule has 0 aliphatic rings. The van der Waals surface area contributed by atoms with Crippen molar-refractivity contribution < 1.29 is 4.79 Å². The second-order valence-electron chi connectivity index (χ2n) is 3.80. The third kappa shape index (κ3) is 3.46. The number of primary amides is 1. The lowest BCUT2D eigenvalue weighted by Gasteiger charge is -2.10. The van der Waals surface area contributed by atoms with Gasteiger partial charge in [-0.2, -0.15) is 0 Å². The molecule has 0 unspecified atom stereocenters. The van der Waals surface area contributed by atoms with Crippen LogP contribution in [-0.4, -0.2) is 12.5 Å². The zero-order valence-corrected chi connectivity index (χ0v) is 9.62. The zero-order valence-electron chi connectivity index (χ0n) is 9.62. The third-order valence-electron chi connectivity index (χ3n) is 2.40. The maximum Gasteiger partial charge on any atom is 0.250 e. The molecule has 0 aliphatic carbocycles. The molecule has 0 aliphatic heterocycles. The SMILES string of the molecule is CCCCCNc1cc(N)ccc1C(N)=O. The van der Waals surface area contributed by atoms with E-state index in [1.54, 1.807) is 18.2 Å². The van der Waals surface area contributed by atoms with Crippen molar-refractivity contribution in [3.63, 3.8) is 0 Å². The summed E-state index contributed by atoms with van der Waals surface area (Å²) in [7, 11) is 0. The average Bonchev–Trinajstić information content (AvgIpc) is 2.24. The number of nitrogen functional groups attached to an aromatic ring is 1. The highest BCUT2D eigenvalue weighted by molar-refractivity contribution is 5.99. The second-order valence-corrected chi connectivity index (χ2v) is 3.80. The molecule has 0 spiro atoms. The predicted molar refractivity (Wildman–Crippen MR) is 67.4 cm³/mol. The Kier molecular flexibility index (Phi) is 4.64. The first kappa shape index (κ1) is 12.4. The number of benzene rings is 1. The Labute approximate surface area is 96.0 Å². The van der Waals surface area contributed by atoms with Gasteiger partial charge in [-0.1, -0.05) is 19.8 Å². The minimum Gasteiger partial charge on any atom is -0.399 e. The Morgan fingerprint density at radius 3 is 2.75 bits per heavy atom. The van der Waals surface area contributed by atoms with Crippen molar-refractivity contribution in [1.82, 2.24) is 0 Å². The molecular formula is C12H19N3O. The number of anilines is 2. The van der Waals surface area contributed by atoms with Gasteiger partial charge in [0.2, 0.25) is 0 Å². The molecule has 1 aromatic rings. The van der Waals surface area contributed by atoms with Crippen molar-refractivity contribution in [2.45, 2.75) is 26.2 Å². The van der Waals surface area contributed by atoms with Crippen molar-refractivity contribution in [2.75, 3.05) is 17.6 Å². The lowest BCUT2D eigenvalue weighted by atomic mass is 10.1. The molecule has 4 heteroatoms. The van der Waals surface area contributed by atoms with E-state index in [1.165, 1.54) is 12.8 Å². The molecule has 88 valence electrons. The van der Waals surface area contributed by atoms with E-state index in [4.69, 9.17) is 11.5 Å². The number of rotatable bonds is 6. The molecule has 5 N–H and O–H groups in total. The molecule has 1 rings (SSSR count). The van der Waals surface area contributed by atoms with Gasteiger partial charge in [0.05, 0.1) is 5.56 Å². The summed E-state index contributed by atoms with van der Waals surface area (Å²) in [5, 5.41) is 3.19. The lowest BCUT2D eigenvalue weighted by Crippen LogP contribution is -2.15. The van der Waals surface area contributed by atoms with Crippen molar-refractivity contribution in [2.24, 2.45) is 5.73 Å². The van der Waals surface area contributed by atoms with E-state index >= 15 is 0 Å². The number of hydrogen-bond donors (Lipinski definition) is 3. The van der Waals surface area contributed by atoms with Crippen molar-refractivity contribution in [3.8, 4) is 0 Å². The van der Waals surface area contributed by atoms with E-state index in [0.717, 1.165) is 18.7 Å². The summed E-state index contributed by atoms with van der Waals surface area (Å²) in [5.74, 6) is -0.432. The van der Waals surface area contributed by atoms with Gasteiger partial charge in [0.15, 0.2) is 0 Å². The smallest absolute Gasteiger partial charge is 0.250 e. The number of unbranched alkanes of at least 4 members (excludes halogenated alkanes) is 2. The quantitative estimate of drug-likeness (QED) is 0.507. The Bertz CT molecular complexity index is 363. The molecule has 4 nitrogen and oxygen atoms in total. The van der Waals surface area contributed by atoms with Gasteiger partial charge < -0.3 is 16.8 Å². The summed E-state index contributed by atoms with van der Waals surface area (Å²) >= 11 is 0. The summed E-state index contributed by atoms with van der Waals surface area (Å²) in [6.07, 6.45) is 3.41. The van der Waals surface area contributed by atoms with Gasteiger partial charge in [-0.3, -0.25) is 4.79 Å². The Morgan fingerprint density at radius 1 is 1.38 bits per heavy atom. The fraction of sp³-hybridized carbons (Fsp3) is 0.417. The predicted octanol–water partition coefficient (Wildman–Crippen LogP) is 1.97. The van der Waals surface area contributed by atoms with Gasteiger partial charge in [0, 0.05) is 17.9 Å². The van der Waals surface area contributed by atoms with Crippen LogP contribution in [0.1, 0.15) is 36.5 Å². The highest BCUT2D eigenvalue weighted by atomic mass is 16.1. The summed E-state index contributed by atoms with van der Waals surface area (Å²) in [5.41, 5.74) is 12.8. The van der Waals surface area contributed by atoms with Gasteiger partial charge in [-0.05, 0) is 24.6 Å². The third-order valence-corrected chi connectivity index (χ3v) is 2.40. The minimum atomic E-state index is -0.432. The Hall–Kier alpha value is -1.71. The molecule has 0 saturated heterocycles. The zero-order chi connectivity index (χ0) is 12.0. The van der Waals surface area contributed by atoms with Crippen LogP contribution < -0.4 is 16.8 Å². The Morgan fingerprint density at radius 2 is 2.12 bits per heavy atom. The topological polar surface area (TPSA) is 81.1 Å². The van der Waals surface area contributed by atoms with Crippen LogP contribution in [0.5, 0.6) is 0 Å². The second kappa shape index (κ2) is 6.00. The molecule has 0 fully saturated rings. The normalized spacial score (nSPS) is 10.1.